The molecule has 3 aromatic rings. The molecular weight excluding hydrogens is 374 g/mol. The minimum atomic E-state index is -0.282. The van der Waals surface area contributed by atoms with Crippen LogP contribution in [-0.4, -0.2) is 6.73 Å². The first-order valence-electron chi connectivity index (χ1n) is 11.1. The van der Waals surface area contributed by atoms with Gasteiger partial charge in [0.25, 0.3) is 0 Å². The van der Waals surface area contributed by atoms with Gasteiger partial charge in [0.2, 0.25) is 0 Å². The van der Waals surface area contributed by atoms with Gasteiger partial charge >= 0.3 is 5.63 Å². The van der Waals surface area contributed by atoms with E-state index in [1.165, 1.54) is 5.56 Å². The van der Waals surface area contributed by atoms with Gasteiger partial charge in [-0.2, -0.15) is 0 Å². The molecule has 1 aliphatic rings. The molecule has 30 heavy (non-hydrogen) atoms. The van der Waals surface area contributed by atoms with Gasteiger partial charge in [-0.15, -0.1) is 0 Å². The van der Waals surface area contributed by atoms with E-state index in [0.717, 1.165) is 65.7 Å². The molecule has 1 unspecified atom stereocenters. The van der Waals surface area contributed by atoms with Gasteiger partial charge < -0.3 is 14.1 Å². The van der Waals surface area contributed by atoms with E-state index in [2.05, 4.69) is 56.0 Å². The van der Waals surface area contributed by atoms with Crippen LogP contribution in [0.4, 0.5) is 5.69 Å². The first-order valence-corrected chi connectivity index (χ1v) is 11.1. The third-order valence-electron chi connectivity index (χ3n) is 6.34. The highest BCUT2D eigenvalue weighted by Gasteiger charge is 2.23. The molecule has 158 valence electrons. The summed E-state index contributed by atoms with van der Waals surface area (Å²) in [4.78, 5) is 14.4. The molecule has 0 aliphatic carbocycles. The zero-order valence-corrected chi connectivity index (χ0v) is 18.5. The van der Waals surface area contributed by atoms with E-state index < -0.39 is 0 Å². The average molecular weight is 406 g/mol. The van der Waals surface area contributed by atoms with Crippen molar-refractivity contribution < 1.29 is 9.15 Å². The molecule has 4 heteroatoms. The highest BCUT2D eigenvalue weighted by molar-refractivity contribution is 5.86. The summed E-state index contributed by atoms with van der Waals surface area (Å²) in [6.07, 6.45) is 4.18. The number of rotatable bonds is 6. The van der Waals surface area contributed by atoms with Gasteiger partial charge in [0.15, 0.2) is 6.73 Å². The van der Waals surface area contributed by atoms with Crippen LogP contribution >= 0.6 is 0 Å². The molecule has 1 aromatic heterocycles. The Bertz CT molecular complexity index is 1100. The van der Waals surface area contributed by atoms with E-state index in [1.54, 1.807) is 6.07 Å². The number of hydrogen-bond acceptors (Lipinski definition) is 4. The molecule has 4 rings (SSSR count). The van der Waals surface area contributed by atoms with E-state index in [-0.39, 0.29) is 5.63 Å². The fourth-order valence-corrected chi connectivity index (χ4v) is 4.27. The quantitative estimate of drug-likeness (QED) is 0.450. The summed E-state index contributed by atoms with van der Waals surface area (Å²) in [5, 5.41) is 1.04. The van der Waals surface area contributed by atoms with E-state index in [4.69, 9.17) is 9.15 Å². The highest BCUT2D eigenvalue weighted by Crippen LogP contribution is 2.37. The molecule has 0 saturated carbocycles. The number of nitrogens with zero attached hydrogens (tertiary/aromatic N) is 1. The zero-order chi connectivity index (χ0) is 21.3. The molecule has 2 aromatic carbocycles. The second kappa shape index (κ2) is 8.55. The van der Waals surface area contributed by atoms with Crippen LogP contribution in [0.25, 0.3) is 11.0 Å². The van der Waals surface area contributed by atoms with Crippen LogP contribution in [0.2, 0.25) is 0 Å². The second-order valence-corrected chi connectivity index (χ2v) is 8.43. The normalized spacial score (nSPS) is 14.5. The summed E-state index contributed by atoms with van der Waals surface area (Å²) in [7, 11) is 0. The lowest BCUT2D eigenvalue weighted by Gasteiger charge is -2.32. The standard InChI is InChI=1S/C26H31NO3/c1-5-7-8-20-14-24(28)30-26-18(4)25-21(13-23(20)26)15-27(16-29-25)22-11-9-19(10-12-22)17(3)6-2/h9-14,17H,5-8,15-16H2,1-4H3. The molecule has 1 aliphatic heterocycles. The van der Waals surface area contributed by atoms with Crippen molar-refractivity contribution in [1.29, 1.82) is 0 Å². The maximum atomic E-state index is 12.1. The van der Waals surface area contributed by atoms with E-state index >= 15 is 0 Å². The molecule has 0 bridgehead atoms. The summed E-state index contributed by atoms with van der Waals surface area (Å²) in [6, 6.07) is 12.6. The Labute approximate surface area is 178 Å². The molecule has 0 amide bonds. The minimum absolute atomic E-state index is 0.282. The summed E-state index contributed by atoms with van der Waals surface area (Å²) in [6.45, 7) is 9.90. The van der Waals surface area contributed by atoms with Crippen LogP contribution in [0.1, 0.15) is 68.2 Å². The monoisotopic (exact) mass is 405 g/mol. The van der Waals surface area contributed by atoms with Gasteiger partial charge in [-0.05, 0) is 61.4 Å². The molecule has 2 heterocycles. The lowest BCUT2D eigenvalue weighted by molar-refractivity contribution is 0.287. The number of aryl methyl sites for hydroxylation is 2. The van der Waals surface area contributed by atoms with Gasteiger partial charge in [-0.3, -0.25) is 0 Å². The zero-order valence-electron chi connectivity index (χ0n) is 18.5. The molecule has 0 spiro atoms. The predicted octanol–water partition coefficient (Wildman–Crippen LogP) is 6.31. The number of benzene rings is 2. The highest BCUT2D eigenvalue weighted by atomic mass is 16.5. The first kappa shape index (κ1) is 20.5. The fraction of sp³-hybridized carbons (Fsp3) is 0.423. The first-order chi connectivity index (χ1) is 14.5. The summed E-state index contributed by atoms with van der Waals surface area (Å²) in [5.41, 5.74) is 6.06. The summed E-state index contributed by atoms with van der Waals surface area (Å²) >= 11 is 0. The van der Waals surface area contributed by atoms with Crippen LogP contribution in [0.15, 0.2) is 45.6 Å². The topological polar surface area (TPSA) is 42.7 Å². The Hall–Kier alpha value is -2.75. The van der Waals surface area contributed by atoms with E-state index in [0.29, 0.717) is 18.2 Å². The van der Waals surface area contributed by atoms with Crippen molar-refractivity contribution in [3.8, 4) is 5.75 Å². The van der Waals surface area contributed by atoms with Gasteiger partial charge in [0.1, 0.15) is 11.3 Å². The van der Waals surface area contributed by atoms with Crippen LogP contribution in [0.5, 0.6) is 5.75 Å². The Kier molecular flexibility index (Phi) is 5.85. The molecule has 0 radical (unpaired) electrons. The number of ether oxygens (including phenoxy) is 1. The Balaban J connectivity index is 1.69. The third kappa shape index (κ3) is 3.83. The van der Waals surface area contributed by atoms with Gasteiger partial charge in [0.05, 0.1) is 0 Å². The van der Waals surface area contributed by atoms with Gasteiger partial charge in [0, 0.05) is 34.8 Å². The fourth-order valence-electron chi connectivity index (χ4n) is 4.27. The minimum Gasteiger partial charge on any atom is -0.472 e. The van der Waals surface area contributed by atoms with Crippen LogP contribution in [0, 0.1) is 6.92 Å². The third-order valence-corrected chi connectivity index (χ3v) is 6.34. The average Bonchev–Trinajstić information content (AvgIpc) is 2.77. The smallest absolute Gasteiger partial charge is 0.336 e. The van der Waals surface area contributed by atoms with Crippen molar-refractivity contribution in [3.05, 3.63) is 69.1 Å². The molecule has 4 nitrogen and oxygen atoms in total. The number of anilines is 1. The van der Waals surface area contributed by atoms with Crippen molar-refractivity contribution in [2.75, 3.05) is 11.6 Å². The van der Waals surface area contributed by atoms with Crippen molar-refractivity contribution in [1.82, 2.24) is 0 Å². The maximum Gasteiger partial charge on any atom is 0.336 e. The van der Waals surface area contributed by atoms with Crippen LogP contribution in [0.3, 0.4) is 0 Å². The van der Waals surface area contributed by atoms with E-state index in [9.17, 15) is 4.79 Å². The predicted molar refractivity (Wildman–Crippen MR) is 123 cm³/mol. The second-order valence-electron chi connectivity index (χ2n) is 8.43. The Morgan fingerprint density at radius 3 is 2.60 bits per heavy atom. The summed E-state index contributed by atoms with van der Waals surface area (Å²) in [5.74, 6) is 1.42. The number of hydrogen-bond donors (Lipinski definition) is 0. The number of unbranched alkanes of at least 4 members (excludes halogenated alkanes) is 1. The molecule has 0 fully saturated rings. The molecule has 0 saturated heterocycles. The maximum absolute atomic E-state index is 12.1. The SMILES string of the molecule is CCCCc1cc(=O)oc2c(C)c3c(cc12)CN(c1ccc(C(C)CC)cc1)CO3. The molecule has 1 atom stereocenters. The van der Waals surface area contributed by atoms with Crippen LogP contribution < -0.4 is 15.3 Å². The Morgan fingerprint density at radius 2 is 1.90 bits per heavy atom. The van der Waals surface area contributed by atoms with Crippen molar-refractivity contribution >= 4 is 16.7 Å². The van der Waals surface area contributed by atoms with Gasteiger partial charge in [-0.1, -0.05) is 39.3 Å². The van der Waals surface area contributed by atoms with Crippen molar-refractivity contribution in [3.63, 3.8) is 0 Å². The van der Waals surface area contributed by atoms with Crippen molar-refractivity contribution in [2.45, 2.75) is 65.8 Å². The molecule has 0 N–H and O–H groups in total. The largest absolute Gasteiger partial charge is 0.472 e. The van der Waals surface area contributed by atoms with E-state index in [1.807, 2.05) is 6.92 Å². The lowest BCUT2D eigenvalue weighted by Crippen LogP contribution is -2.32. The van der Waals surface area contributed by atoms with Crippen molar-refractivity contribution in [2.24, 2.45) is 0 Å². The molecular formula is C26H31NO3. The Morgan fingerprint density at radius 1 is 1.13 bits per heavy atom. The lowest BCUT2D eigenvalue weighted by atomic mass is 9.97. The number of fused-ring (bicyclic) bond motifs is 2. The van der Waals surface area contributed by atoms with Gasteiger partial charge in [-0.25, -0.2) is 4.79 Å². The summed E-state index contributed by atoms with van der Waals surface area (Å²) < 4.78 is 11.7. The van der Waals surface area contributed by atoms with Crippen LogP contribution in [-0.2, 0) is 13.0 Å².